The fourth-order valence-electron chi connectivity index (χ4n) is 5.24. The van der Waals surface area contributed by atoms with Crippen LogP contribution in [0.15, 0.2) is 87.2 Å². The summed E-state index contributed by atoms with van der Waals surface area (Å²) in [5.41, 5.74) is 9.87. The topological polar surface area (TPSA) is 80.8 Å². The number of benzene rings is 1. The van der Waals surface area contributed by atoms with Gasteiger partial charge >= 0.3 is 11.9 Å². The Kier molecular flexibility index (Phi) is 8.81. The van der Waals surface area contributed by atoms with Crippen molar-refractivity contribution in [1.82, 2.24) is 4.98 Å². The molecular weight excluding hydrogens is 553 g/mol. The molecule has 4 aromatic rings. The van der Waals surface area contributed by atoms with E-state index in [4.69, 9.17) is 14.5 Å². The second-order valence-electron chi connectivity index (χ2n) is 9.74. The van der Waals surface area contributed by atoms with Crippen LogP contribution in [0.5, 0.6) is 0 Å². The van der Waals surface area contributed by atoms with Crippen LogP contribution in [0.25, 0.3) is 16.1 Å². The fourth-order valence-corrected chi connectivity index (χ4v) is 6.79. The summed E-state index contributed by atoms with van der Waals surface area (Å²) in [7, 11) is 2.83. The van der Waals surface area contributed by atoms with Gasteiger partial charge in [0, 0.05) is 18.4 Å². The molecule has 0 unspecified atom stereocenters. The molecule has 6 nitrogen and oxygen atoms in total. The Morgan fingerprint density at radius 1 is 0.829 bits per heavy atom. The molecule has 1 aromatic carbocycles. The molecule has 0 aliphatic carbocycles. The highest BCUT2D eigenvalue weighted by atomic mass is 32.1. The smallest absolute Gasteiger partial charge is 0.305 e. The number of methoxy groups -OCH3 is 2. The van der Waals surface area contributed by atoms with Gasteiger partial charge in [-0.3, -0.25) is 9.59 Å². The van der Waals surface area contributed by atoms with Gasteiger partial charge in [-0.2, -0.15) is 0 Å². The van der Waals surface area contributed by atoms with Crippen molar-refractivity contribution >= 4 is 45.9 Å². The largest absolute Gasteiger partial charge is 0.469 e. The van der Waals surface area contributed by atoms with E-state index < -0.39 is 0 Å². The van der Waals surface area contributed by atoms with Gasteiger partial charge in [-0.15, -0.1) is 22.7 Å². The lowest BCUT2D eigenvalue weighted by molar-refractivity contribution is -0.141. The Hall–Kier alpha value is -4.01. The first-order valence-corrected chi connectivity index (χ1v) is 15.2. The third-order valence-corrected chi connectivity index (χ3v) is 9.15. The van der Waals surface area contributed by atoms with E-state index in [1.807, 2.05) is 35.7 Å². The minimum atomic E-state index is -0.259. The van der Waals surface area contributed by atoms with Crippen LogP contribution in [0.4, 0.5) is 0 Å². The average Bonchev–Trinajstić information content (AvgIpc) is 3.80. The Labute approximate surface area is 248 Å². The highest BCUT2D eigenvalue weighted by molar-refractivity contribution is 7.13. The molecule has 0 fully saturated rings. The van der Waals surface area contributed by atoms with E-state index in [2.05, 4.69) is 48.5 Å². The number of rotatable bonds is 10. The second kappa shape index (κ2) is 12.7. The van der Waals surface area contributed by atoms with Crippen molar-refractivity contribution in [3.05, 3.63) is 109 Å². The van der Waals surface area contributed by atoms with E-state index in [0.717, 1.165) is 66.0 Å². The molecule has 4 heterocycles. The van der Waals surface area contributed by atoms with Crippen LogP contribution in [-0.2, 0) is 25.5 Å². The first kappa shape index (κ1) is 28.5. The number of H-pyrrole nitrogens is 1. The lowest BCUT2D eigenvalue weighted by Gasteiger charge is -2.15. The number of carbonyl (C=O) groups excluding carboxylic acids is 2. The summed E-state index contributed by atoms with van der Waals surface area (Å²) in [5, 5.41) is 4.11. The third-order valence-electron chi connectivity index (χ3n) is 7.38. The number of hydrogen-bond acceptors (Lipinski definition) is 7. The summed E-state index contributed by atoms with van der Waals surface area (Å²) in [6, 6.07) is 18.4. The van der Waals surface area contributed by atoms with E-state index in [1.165, 1.54) is 14.2 Å². The SMILES string of the molecule is COC(=O)CCC1=C(C)C(c2cccs2)=N/C1=C(/c1ccccc1)c1[nH]c(-c2cccs2)c(C)c1CCC(=O)OC. The van der Waals surface area contributed by atoms with Gasteiger partial charge in [0.15, 0.2) is 0 Å². The van der Waals surface area contributed by atoms with Gasteiger partial charge in [0.25, 0.3) is 0 Å². The zero-order chi connectivity index (χ0) is 28.9. The first-order valence-electron chi connectivity index (χ1n) is 13.4. The summed E-state index contributed by atoms with van der Waals surface area (Å²) in [4.78, 5) is 35.8. The maximum Gasteiger partial charge on any atom is 0.305 e. The summed E-state index contributed by atoms with van der Waals surface area (Å²) in [6.07, 6.45) is 1.52. The molecule has 0 radical (unpaired) electrons. The van der Waals surface area contributed by atoms with Gasteiger partial charge in [-0.25, -0.2) is 4.99 Å². The highest BCUT2D eigenvalue weighted by Gasteiger charge is 2.30. The van der Waals surface area contributed by atoms with Crippen LogP contribution in [0, 0.1) is 6.92 Å². The van der Waals surface area contributed by atoms with Crippen molar-refractivity contribution in [2.75, 3.05) is 14.2 Å². The Balaban J connectivity index is 1.79. The normalized spacial score (nSPS) is 14.3. The molecule has 210 valence electrons. The summed E-state index contributed by atoms with van der Waals surface area (Å²) >= 11 is 3.31. The number of carbonyl (C=O) groups is 2. The molecule has 41 heavy (non-hydrogen) atoms. The summed E-state index contributed by atoms with van der Waals surface area (Å²) < 4.78 is 9.99. The molecule has 0 saturated heterocycles. The van der Waals surface area contributed by atoms with Gasteiger partial charge in [-0.1, -0.05) is 42.5 Å². The van der Waals surface area contributed by atoms with Crippen molar-refractivity contribution in [3.8, 4) is 10.6 Å². The van der Waals surface area contributed by atoms with Crippen LogP contribution < -0.4 is 0 Å². The number of allylic oxidation sites excluding steroid dienone is 2. The van der Waals surface area contributed by atoms with Gasteiger partial charge in [-0.05, 0) is 77.4 Å². The number of nitrogens with one attached hydrogen (secondary N) is 1. The van der Waals surface area contributed by atoms with Crippen LogP contribution in [-0.4, -0.2) is 36.9 Å². The number of ether oxygens (including phenoxy) is 2. The molecule has 0 saturated carbocycles. The number of aromatic amines is 1. The monoisotopic (exact) mass is 584 g/mol. The Bertz CT molecular complexity index is 1640. The fraction of sp³-hybridized carbons (Fsp3) is 0.242. The number of thiophene rings is 2. The van der Waals surface area contributed by atoms with Crippen LogP contribution in [0.1, 0.15) is 53.4 Å². The number of aromatic nitrogens is 1. The van der Waals surface area contributed by atoms with Crippen LogP contribution >= 0.6 is 22.7 Å². The van der Waals surface area contributed by atoms with Gasteiger partial charge < -0.3 is 14.5 Å². The number of esters is 2. The maximum absolute atomic E-state index is 12.3. The quantitative estimate of drug-likeness (QED) is 0.193. The van der Waals surface area contributed by atoms with E-state index in [0.29, 0.717) is 12.8 Å². The molecule has 8 heteroatoms. The van der Waals surface area contributed by atoms with E-state index in [-0.39, 0.29) is 24.8 Å². The molecule has 1 aliphatic rings. The molecule has 0 bridgehead atoms. The Morgan fingerprint density at radius 3 is 2.07 bits per heavy atom. The molecular formula is C33H32N2O4S2. The molecule has 0 spiro atoms. The number of nitrogens with zero attached hydrogens (tertiary/aromatic N) is 1. The van der Waals surface area contributed by atoms with Crippen molar-refractivity contribution in [2.24, 2.45) is 4.99 Å². The summed E-state index contributed by atoms with van der Waals surface area (Å²) in [6.45, 7) is 4.18. The lowest BCUT2D eigenvalue weighted by Crippen LogP contribution is -2.06. The summed E-state index contributed by atoms with van der Waals surface area (Å²) in [5.74, 6) is -0.513. The van der Waals surface area contributed by atoms with Crippen LogP contribution in [0.2, 0.25) is 0 Å². The third kappa shape index (κ3) is 5.89. The molecule has 0 amide bonds. The molecule has 0 atom stereocenters. The van der Waals surface area contributed by atoms with Crippen molar-refractivity contribution in [1.29, 1.82) is 0 Å². The maximum atomic E-state index is 12.3. The van der Waals surface area contributed by atoms with Gasteiger partial charge in [0.1, 0.15) is 0 Å². The van der Waals surface area contributed by atoms with Crippen molar-refractivity contribution in [2.45, 2.75) is 39.5 Å². The Morgan fingerprint density at radius 2 is 1.46 bits per heavy atom. The number of aliphatic imine (C=N–C) groups is 1. The predicted octanol–water partition coefficient (Wildman–Crippen LogP) is 7.75. The minimum Gasteiger partial charge on any atom is -0.469 e. The second-order valence-corrected chi connectivity index (χ2v) is 11.6. The minimum absolute atomic E-state index is 0.251. The van der Waals surface area contributed by atoms with Crippen molar-refractivity contribution < 1.29 is 19.1 Å². The van der Waals surface area contributed by atoms with E-state index >= 15 is 0 Å². The first-order chi connectivity index (χ1) is 19.9. The van der Waals surface area contributed by atoms with Gasteiger partial charge in [0.2, 0.25) is 0 Å². The molecule has 5 rings (SSSR count). The molecule has 3 aromatic heterocycles. The lowest BCUT2D eigenvalue weighted by atomic mass is 9.90. The number of hydrogen-bond donors (Lipinski definition) is 1. The van der Waals surface area contributed by atoms with Crippen molar-refractivity contribution in [3.63, 3.8) is 0 Å². The van der Waals surface area contributed by atoms with E-state index in [9.17, 15) is 9.59 Å². The molecule has 1 N–H and O–H groups in total. The highest BCUT2D eigenvalue weighted by Crippen LogP contribution is 2.43. The average molecular weight is 585 g/mol. The van der Waals surface area contributed by atoms with Crippen LogP contribution in [0.3, 0.4) is 0 Å². The van der Waals surface area contributed by atoms with Gasteiger partial charge in [0.05, 0.1) is 46.8 Å². The zero-order valence-electron chi connectivity index (χ0n) is 23.6. The van der Waals surface area contributed by atoms with E-state index in [1.54, 1.807) is 22.7 Å². The molecule has 1 aliphatic heterocycles. The zero-order valence-corrected chi connectivity index (χ0v) is 25.2. The predicted molar refractivity (Wildman–Crippen MR) is 166 cm³/mol. The standard InChI is InChI=1S/C33H32N2O4S2/c1-20-23(14-16-27(36)38-3)32(34-30(20)25-12-8-18-40-25)29(22-10-6-5-7-11-22)33-24(15-17-28(37)39-4)21(2)31(35-33)26-13-9-19-41-26/h5-13,18-19,34H,14-17H2,1-4H3/b33-29-.